The van der Waals surface area contributed by atoms with E-state index in [1.165, 1.54) is 13.0 Å². The third-order valence-electron chi connectivity index (χ3n) is 2.01. The number of alkyl halides is 2. The van der Waals surface area contributed by atoms with Crippen LogP contribution in [-0.2, 0) is 0 Å². The van der Waals surface area contributed by atoms with Gasteiger partial charge < -0.3 is 15.6 Å². The molecule has 6 heteroatoms. The van der Waals surface area contributed by atoms with Crippen LogP contribution in [0, 0.1) is 0 Å². The molecule has 0 aliphatic rings. The number of hydrogen-bond acceptors (Lipinski definition) is 3. The second kappa shape index (κ2) is 6.62. The number of aliphatic hydroxyl groups excluding tert-OH is 1. The molecule has 0 radical (unpaired) electrons. The normalized spacial score (nSPS) is 14.1. The predicted octanol–water partition coefficient (Wildman–Crippen LogP) is 2.09. The van der Waals surface area contributed by atoms with Gasteiger partial charge in [-0.25, -0.2) is 0 Å². The highest BCUT2D eigenvalue weighted by Gasteiger charge is 2.18. The van der Waals surface area contributed by atoms with Crippen molar-refractivity contribution in [3.63, 3.8) is 0 Å². The minimum atomic E-state index is -2.90. The van der Waals surface area contributed by atoms with Gasteiger partial charge in [-0.05, 0) is 13.0 Å². The largest absolute Gasteiger partial charge is 0.434 e. The Labute approximate surface area is 98.6 Å². The molecule has 1 aromatic rings. The molecular weight excluding hydrogens is 240 g/mol. The maximum Gasteiger partial charge on any atom is 0.387 e. The Morgan fingerprint density at radius 1 is 1.31 bits per heavy atom. The predicted molar refractivity (Wildman–Crippen MR) is 58.9 cm³/mol. The van der Waals surface area contributed by atoms with E-state index in [1.807, 2.05) is 0 Å². The zero-order valence-corrected chi connectivity index (χ0v) is 9.45. The summed E-state index contributed by atoms with van der Waals surface area (Å²) in [5.41, 5.74) is 6.01. The molecule has 0 saturated heterocycles. The molecule has 0 spiro atoms. The average molecular weight is 254 g/mol. The lowest BCUT2D eigenvalue weighted by molar-refractivity contribution is -0.0509. The van der Waals surface area contributed by atoms with E-state index in [4.69, 9.17) is 5.73 Å². The van der Waals surface area contributed by atoms with Gasteiger partial charge in [0.05, 0.1) is 12.1 Å². The van der Waals surface area contributed by atoms with Crippen molar-refractivity contribution in [2.45, 2.75) is 25.7 Å². The van der Waals surface area contributed by atoms with Crippen molar-refractivity contribution >= 4 is 12.4 Å². The number of nitrogens with two attached hydrogens (primary N) is 1. The Balaban J connectivity index is 0.00000225. The fourth-order valence-corrected chi connectivity index (χ4v) is 1.22. The van der Waals surface area contributed by atoms with Crippen molar-refractivity contribution < 1.29 is 18.6 Å². The summed E-state index contributed by atoms with van der Waals surface area (Å²) in [5.74, 6) is 0.000833. The minimum Gasteiger partial charge on any atom is -0.434 e. The lowest BCUT2D eigenvalue weighted by atomic mass is 10.0. The molecule has 1 rings (SSSR count). The molecule has 2 atom stereocenters. The molecule has 3 N–H and O–H groups in total. The Kier molecular flexibility index (Phi) is 6.25. The summed E-state index contributed by atoms with van der Waals surface area (Å²) >= 11 is 0. The van der Waals surface area contributed by atoms with E-state index in [0.717, 1.165) is 0 Å². The van der Waals surface area contributed by atoms with Crippen LogP contribution < -0.4 is 10.5 Å². The number of ether oxygens (including phenoxy) is 1. The molecule has 0 unspecified atom stereocenters. The molecule has 0 amide bonds. The maximum absolute atomic E-state index is 12.0. The highest BCUT2D eigenvalue weighted by Crippen LogP contribution is 2.26. The summed E-state index contributed by atoms with van der Waals surface area (Å²) in [5, 5.41) is 9.26. The van der Waals surface area contributed by atoms with E-state index in [0.29, 0.717) is 5.56 Å². The monoisotopic (exact) mass is 253 g/mol. The van der Waals surface area contributed by atoms with E-state index >= 15 is 0 Å². The standard InChI is InChI=1S/C10H13F2NO2.ClH/c1-6(14)9(13)7-4-2-3-5-8(7)15-10(11)12;/h2-6,9-10,14H,13H2,1H3;1H/t6-,9-;/m1./s1. The van der Waals surface area contributed by atoms with Crippen molar-refractivity contribution in [1.29, 1.82) is 0 Å². The first kappa shape index (κ1) is 15.1. The van der Waals surface area contributed by atoms with Gasteiger partial charge in [0.1, 0.15) is 5.75 Å². The average Bonchev–Trinajstić information content (AvgIpc) is 2.16. The number of para-hydroxylation sites is 1. The van der Waals surface area contributed by atoms with Gasteiger partial charge in [-0.2, -0.15) is 8.78 Å². The van der Waals surface area contributed by atoms with Crippen LogP contribution in [0.25, 0.3) is 0 Å². The third-order valence-corrected chi connectivity index (χ3v) is 2.01. The second-order valence-electron chi connectivity index (χ2n) is 3.18. The van der Waals surface area contributed by atoms with Gasteiger partial charge in [0.25, 0.3) is 0 Å². The van der Waals surface area contributed by atoms with Crippen LogP contribution in [0.3, 0.4) is 0 Å². The molecule has 0 heterocycles. The minimum absolute atomic E-state index is 0. The van der Waals surface area contributed by atoms with Crippen molar-refractivity contribution in [3.05, 3.63) is 29.8 Å². The van der Waals surface area contributed by atoms with Gasteiger partial charge >= 0.3 is 6.61 Å². The van der Waals surface area contributed by atoms with Gasteiger partial charge in [-0.3, -0.25) is 0 Å². The Hall–Kier alpha value is -0.910. The first-order valence-corrected chi connectivity index (χ1v) is 4.49. The lowest BCUT2D eigenvalue weighted by Crippen LogP contribution is -2.24. The van der Waals surface area contributed by atoms with E-state index in [-0.39, 0.29) is 18.2 Å². The molecule has 0 aliphatic heterocycles. The SMILES string of the molecule is C[C@@H](O)[C@@H](N)c1ccccc1OC(F)F.Cl. The van der Waals surface area contributed by atoms with Crippen LogP contribution >= 0.6 is 12.4 Å². The van der Waals surface area contributed by atoms with Gasteiger partial charge in [0.2, 0.25) is 0 Å². The first-order valence-electron chi connectivity index (χ1n) is 4.49. The Morgan fingerprint density at radius 3 is 2.38 bits per heavy atom. The maximum atomic E-state index is 12.0. The summed E-state index contributed by atoms with van der Waals surface area (Å²) in [4.78, 5) is 0. The molecular formula is C10H14ClF2NO2. The lowest BCUT2D eigenvalue weighted by Gasteiger charge is -2.18. The Morgan fingerprint density at radius 2 is 1.88 bits per heavy atom. The molecule has 3 nitrogen and oxygen atoms in total. The topological polar surface area (TPSA) is 55.5 Å². The van der Waals surface area contributed by atoms with Crippen molar-refractivity contribution in [2.75, 3.05) is 0 Å². The van der Waals surface area contributed by atoms with Crippen LogP contribution in [0.1, 0.15) is 18.5 Å². The van der Waals surface area contributed by atoms with Gasteiger partial charge in [-0.1, -0.05) is 18.2 Å². The molecule has 0 fully saturated rings. The number of rotatable bonds is 4. The first-order chi connectivity index (χ1) is 7.02. The molecule has 0 aliphatic carbocycles. The van der Waals surface area contributed by atoms with Crippen LogP contribution in [0.2, 0.25) is 0 Å². The summed E-state index contributed by atoms with van der Waals surface area (Å²) in [6, 6.07) is 5.42. The van der Waals surface area contributed by atoms with Crippen molar-refractivity contribution in [3.8, 4) is 5.75 Å². The fourth-order valence-electron chi connectivity index (χ4n) is 1.22. The van der Waals surface area contributed by atoms with Gasteiger partial charge in [0, 0.05) is 5.56 Å². The summed E-state index contributed by atoms with van der Waals surface area (Å²) < 4.78 is 28.4. The van der Waals surface area contributed by atoms with Crippen molar-refractivity contribution in [1.82, 2.24) is 0 Å². The summed E-state index contributed by atoms with van der Waals surface area (Å²) in [6.07, 6.45) is -0.826. The second-order valence-corrected chi connectivity index (χ2v) is 3.18. The third kappa shape index (κ3) is 3.92. The zero-order chi connectivity index (χ0) is 11.4. The molecule has 1 aromatic carbocycles. The molecule has 16 heavy (non-hydrogen) atoms. The van der Waals surface area contributed by atoms with E-state index in [1.54, 1.807) is 18.2 Å². The van der Waals surface area contributed by atoms with Crippen molar-refractivity contribution in [2.24, 2.45) is 5.73 Å². The molecule has 0 bridgehead atoms. The number of benzene rings is 1. The van der Waals surface area contributed by atoms with Crippen LogP contribution in [0.4, 0.5) is 8.78 Å². The van der Waals surface area contributed by atoms with Gasteiger partial charge in [-0.15, -0.1) is 12.4 Å². The molecule has 0 saturated carbocycles. The molecule has 0 aromatic heterocycles. The quantitative estimate of drug-likeness (QED) is 0.864. The number of halogens is 3. The number of aliphatic hydroxyl groups is 1. The highest BCUT2D eigenvalue weighted by molar-refractivity contribution is 5.85. The van der Waals surface area contributed by atoms with Crippen LogP contribution in [0.15, 0.2) is 24.3 Å². The number of hydrogen-bond donors (Lipinski definition) is 2. The smallest absolute Gasteiger partial charge is 0.387 e. The molecule has 92 valence electrons. The zero-order valence-electron chi connectivity index (χ0n) is 8.64. The fraction of sp³-hybridized carbons (Fsp3) is 0.400. The highest BCUT2D eigenvalue weighted by atomic mass is 35.5. The summed E-state index contributed by atoms with van der Waals surface area (Å²) in [6.45, 7) is -1.41. The van der Waals surface area contributed by atoms with Crippen LogP contribution in [0.5, 0.6) is 5.75 Å². The van der Waals surface area contributed by atoms with Gasteiger partial charge in [0.15, 0.2) is 0 Å². The summed E-state index contributed by atoms with van der Waals surface area (Å²) in [7, 11) is 0. The Bertz CT molecular complexity index is 323. The van der Waals surface area contributed by atoms with E-state index in [9.17, 15) is 13.9 Å². The van der Waals surface area contributed by atoms with Crippen LogP contribution in [-0.4, -0.2) is 17.8 Å². The van der Waals surface area contributed by atoms with E-state index in [2.05, 4.69) is 4.74 Å². The van der Waals surface area contributed by atoms with E-state index < -0.39 is 18.8 Å².